The van der Waals surface area contributed by atoms with Gasteiger partial charge in [-0.25, -0.2) is 0 Å². The monoisotopic (exact) mass is 314 g/mol. The van der Waals surface area contributed by atoms with Crippen LogP contribution < -0.4 is 0 Å². The Morgan fingerprint density at radius 2 is 2.10 bits per heavy atom. The maximum Gasteiger partial charge on any atom is 0.0686 e. The minimum absolute atomic E-state index is 0.0849. The van der Waals surface area contributed by atoms with Crippen molar-refractivity contribution >= 4 is 23.2 Å². The first-order chi connectivity index (χ1) is 9.58. The van der Waals surface area contributed by atoms with Gasteiger partial charge in [0.2, 0.25) is 0 Å². The molecule has 1 N–H and O–H groups in total. The smallest absolute Gasteiger partial charge is 0.0686 e. The summed E-state index contributed by atoms with van der Waals surface area (Å²) >= 11 is 11.9. The van der Waals surface area contributed by atoms with E-state index in [1.54, 1.807) is 6.07 Å². The van der Waals surface area contributed by atoms with Crippen molar-refractivity contribution < 1.29 is 9.84 Å². The fraction of sp³-hybridized carbons (Fsp3) is 0.625. The van der Waals surface area contributed by atoms with Crippen molar-refractivity contribution in [3.63, 3.8) is 0 Å². The Hall–Kier alpha value is -0.280. The van der Waals surface area contributed by atoms with Crippen LogP contribution in [0.4, 0.5) is 0 Å². The quantitative estimate of drug-likeness (QED) is 0.904. The van der Waals surface area contributed by atoms with Crippen LogP contribution in [0.5, 0.6) is 0 Å². The Morgan fingerprint density at radius 3 is 2.75 bits per heavy atom. The second kappa shape index (κ2) is 5.84. The van der Waals surface area contributed by atoms with E-state index in [0.29, 0.717) is 22.4 Å². The van der Waals surface area contributed by atoms with Crippen LogP contribution in [0.3, 0.4) is 0 Å². The number of halogens is 2. The minimum atomic E-state index is -0.325. The summed E-state index contributed by atoms with van der Waals surface area (Å²) in [6.07, 6.45) is 5.83. The zero-order valence-electron chi connectivity index (χ0n) is 11.4. The molecule has 1 aliphatic carbocycles. The summed E-state index contributed by atoms with van der Waals surface area (Å²) in [5, 5.41) is 11.6. The Balaban J connectivity index is 1.63. The van der Waals surface area contributed by atoms with Crippen molar-refractivity contribution in [3.8, 4) is 0 Å². The van der Waals surface area contributed by atoms with Gasteiger partial charge in [0.05, 0.1) is 21.8 Å². The predicted molar refractivity (Wildman–Crippen MR) is 81.4 cm³/mol. The standard InChI is InChI=1S/C16H20Cl2O2/c17-13-3-2-11(8-14(13)18)9-15(19)12-4-7-20-16(10-12)5-1-6-16/h2-3,8,12,15,19H,1,4-7,9-10H2. The molecule has 0 aromatic heterocycles. The lowest BCUT2D eigenvalue weighted by atomic mass is 9.70. The van der Waals surface area contributed by atoms with Gasteiger partial charge in [0.25, 0.3) is 0 Å². The number of hydrogen-bond acceptors (Lipinski definition) is 2. The van der Waals surface area contributed by atoms with Crippen LogP contribution in [0, 0.1) is 5.92 Å². The van der Waals surface area contributed by atoms with Crippen LogP contribution >= 0.6 is 23.2 Å². The normalized spacial score (nSPS) is 26.2. The lowest BCUT2D eigenvalue weighted by Crippen LogP contribution is -2.48. The first-order valence-electron chi connectivity index (χ1n) is 7.34. The summed E-state index contributed by atoms with van der Waals surface area (Å²) in [6, 6.07) is 5.59. The number of aliphatic hydroxyl groups excluding tert-OH is 1. The van der Waals surface area contributed by atoms with Gasteiger partial charge in [-0.2, -0.15) is 0 Å². The highest BCUT2D eigenvalue weighted by Crippen LogP contribution is 2.45. The van der Waals surface area contributed by atoms with Crippen molar-refractivity contribution in [1.82, 2.24) is 0 Å². The van der Waals surface area contributed by atoms with Crippen LogP contribution in [0.1, 0.15) is 37.7 Å². The highest BCUT2D eigenvalue weighted by molar-refractivity contribution is 6.42. The molecular formula is C16H20Cl2O2. The molecule has 1 saturated heterocycles. The maximum atomic E-state index is 10.5. The Bertz CT molecular complexity index is 485. The summed E-state index contributed by atoms with van der Waals surface area (Å²) in [5.41, 5.74) is 1.13. The van der Waals surface area contributed by atoms with Crippen molar-refractivity contribution in [2.75, 3.05) is 6.61 Å². The maximum absolute atomic E-state index is 10.5. The number of hydrogen-bond donors (Lipinski definition) is 1. The summed E-state index contributed by atoms with van der Waals surface area (Å²) in [6.45, 7) is 0.781. The molecule has 0 amide bonds. The molecule has 1 spiro atoms. The fourth-order valence-electron chi connectivity index (χ4n) is 3.39. The molecule has 2 atom stereocenters. The third-order valence-electron chi connectivity index (χ3n) is 4.77. The van der Waals surface area contributed by atoms with Gasteiger partial charge in [-0.05, 0) is 62.1 Å². The van der Waals surface area contributed by atoms with Gasteiger partial charge in [0, 0.05) is 6.61 Å². The fourth-order valence-corrected chi connectivity index (χ4v) is 3.71. The number of aliphatic hydroxyl groups is 1. The number of benzene rings is 1. The van der Waals surface area contributed by atoms with Crippen molar-refractivity contribution in [3.05, 3.63) is 33.8 Å². The number of rotatable bonds is 3. The van der Waals surface area contributed by atoms with Gasteiger partial charge < -0.3 is 9.84 Å². The van der Waals surface area contributed by atoms with E-state index in [1.165, 1.54) is 6.42 Å². The molecule has 1 heterocycles. The predicted octanol–water partition coefficient (Wildman–Crippen LogP) is 4.25. The summed E-state index contributed by atoms with van der Waals surface area (Å²) in [4.78, 5) is 0. The molecule has 1 saturated carbocycles. The van der Waals surface area contributed by atoms with E-state index in [-0.39, 0.29) is 11.7 Å². The molecule has 4 heteroatoms. The zero-order chi connectivity index (χ0) is 14.2. The molecule has 0 radical (unpaired) electrons. The molecule has 2 fully saturated rings. The van der Waals surface area contributed by atoms with Crippen LogP contribution in [0.15, 0.2) is 18.2 Å². The molecule has 2 aliphatic rings. The van der Waals surface area contributed by atoms with Crippen LogP contribution in [-0.2, 0) is 11.2 Å². The molecule has 110 valence electrons. The molecule has 0 bridgehead atoms. The lowest BCUT2D eigenvalue weighted by molar-refractivity contribution is -0.156. The highest BCUT2D eigenvalue weighted by atomic mass is 35.5. The molecule has 3 rings (SSSR count). The average Bonchev–Trinajstić information content (AvgIpc) is 2.41. The summed E-state index contributed by atoms with van der Waals surface area (Å²) in [5.74, 6) is 0.332. The Kier molecular flexibility index (Phi) is 4.28. The van der Waals surface area contributed by atoms with Gasteiger partial charge in [-0.3, -0.25) is 0 Å². The molecule has 1 aliphatic heterocycles. The van der Waals surface area contributed by atoms with Crippen LogP contribution in [0.25, 0.3) is 0 Å². The van der Waals surface area contributed by atoms with Gasteiger partial charge >= 0.3 is 0 Å². The van der Waals surface area contributed by atoms with Gasteiger partial charge in [-0.15, -0.1) is 0 Å². The number of ether oxygens (including phenoxy) is 1. The summed E-state index contributed by atoms with van der Waals surface area (Å²) < 4.78 is 5.92. The Labute approximate surface area is 130 Å². The molecule has 1 aromatic rings. The van der Waals surface area contributed by atoms with Crippen molar-refractivity contribution in [2.24, 2.45) is 5.92 Å². The van der Waals surface area contributed by atoms with Gasteiger partial charge in [-0.1, -0.05) is 29.3 Å². The highest BCUT2D eigenvalue weighted by Gasteiger charge is 2.43. The van der Waals surface area contributed by atoms with Crippen LogP contribution in [0.2, 0.25) is 10.0 Å². The van der Waals surface area contributed by atoms with Gasteiger partial charge in [0.1, 0.15) is 0 Å². The second-order valence-corrected chi connectivity index (χ2v) is 6.97. The summed E-state index contributed by atoms with van der Waals surface area (Å²) in [7, 11) is 0. The molecule has 2 nitrogen and oxygen atoms in total. The van der Waals surface area contributed by atoms with E-state index in [2.05, 4.69) is 0 Å². The lowest BCUT2D eigenvalue weighted by Gasteiger charge is -2.48. The minimum Gasteiger partial charge on any atom is -0.392 e. The largest absolute Gasteiger partial charge is 0.392 e. The molecular weight excluding hydrogens is 295 g/mol. The molecule has 2 unspecified atom stereocenters. The third kappa shape index (κ3) is 2.99. The average molecular weight is 315 g/mol. The first kappa shape index (κ1) is 14.6. The van der Waals surface area contributed by atoms with Crippen molar-refractivity contribution in [2.45, 2.75) is 50.2 Å². The third-order valence-corrected chi connectivity index (χ3v) is 5.51. The second-order valence-electron chi connectivity index (χ2n) is 6.16. The van der Waals surface area contributed by atoms with E-state index < -0.39 is 0 Å². The molecule has 1 aromatic carbocycles. The van der Waals surface area contributed by atoms with E-state index >= 15 is 0 Å². The molecule has 20 heavy (non-hydrogen) atoms. The SMILES string of the molecule is OC(Cc1ccc(Cl)c(Cl)c1)C1CCOC2(CCC2)C1. The van der Waals surface area contributed by atoms with E-state index in [1.807, 2.05) is 12.1 Å². The topological polar surface area (TPSA) is 29.5 Å². The van der Waals surface area contributed by atoms with Crippen LogP contribution in [-0.4, -0.2) is 23.4 Å². The van der Waals surface area contributed by atoms with Gasteiger partial charge in [0.15, 0.2) is 0 Å². The van der Waals surface area contributed by atoms with Crippen molar-refractivity contribution in [1.29, 1.82) is 0 Å². The van der Waals surface area contributed by atoms with E-state index in [0.717, 1.165) is 37.9 Å². The van der Waals surface area contributed by atoms with E-state index in [4.69, 9.17) is 27.9 Å². The van der Waals surface area contributed by atoms with E-state index in [9.17, 15) is 5.11 Å². The zero-order valence-corrected chi connectivity index (χ0v) is 13.0. The first-order valence-corrected chi connectivity index (χ1v) is 8.10. The Morgan fingerprint density at radius 1 is 1.30 bits per heavy atom.